The van der Waals surface area contributed by atoms with E-state index in [9.17, 15) is 0 Å². The number of benzene rings is 1. The summed E-state index contributed by atoms with van der Waals surface area (Å²) in [7, 11) is 0. The van der Waals surface area contributed by atoms with Gasteiger partial charge in [-0.3, -0.25) is 0 Å². The molecule has 96 valence electrons. The summed E-state index contributed by atoms with van der Waals surface area (Å²) in [5, 5.41) is 3.59. The molecule has 1 saturated heterocycles. The van der Waals surface area contributed by atoms with E-state index in [4.69, 9.17) is 5.53 Å². The summed E-state index contributed by atoms with van der Waals surface area (Å²) >= 11 is 0. The monoisotopic (exact) mass is 244 g/mol. The van der Waals surface area contributed by atoms with Crippen molar-refractivity contribution < 1.29 is 0 Å². The lowest BCUT2D eigenvalue weighted by atomic mass is 9.90. The number of piperidine rings is 1. The van der Waals surface area contributed by atoms with E-state index in [-0.39, 0.29) is 0 Å². The molecule has 1 aliphatic heterocycles. The molecule has 2 rings (SSSR count). The van der Waals surface area contributed by atoms with Gasteiger partial charge < -0.3 is 4.90 Å². The molecule has 4 nitrogen and oxygen atoms in total. The summed E-state index contributed by atoms with van der Waals surface area (Å²) in [6, 6.07) is 7.96. The molecule has 0 amide bonds. The first kappa shape index (κ1) is 12.9. The molecule has 0 radical (unpaired) electrons. The Labute approximate surface area is 108 Å². The predicted molar refractivity (Wildman–Crippen MR) is 73.8 cm³/mol. The molecule has 0 N–H and O–H groups in total. The first-order chi connectivity index (χ1) is 8.81. The molecule has 0 bridgehead atoms. The number of hydrogen-bond donors (Lipinski definition) is 0. The van der Waals surface area contributed by atoms with Crippen LogP contribution in [0.2, 0.25) is 0 Å². The Morgan fingerprint density at radius 1 is 1.28 bits per heavy atom. The molecule has 0 spiro atoms. The van der Waals surface area contributed by atoms with Crippen molar-refractivity contribution in [3.63, 3.8) is 0 Å². The second-order valence-electron chi connectivity index (χ2n) is 4.94. The van der Waals surface area contributed by atoms with Crippen LogP contribution >= 0.6 is 0 Å². The number of nitrogens with zero attached hydrogens (tertiary/aromatic N) is 4. The highest BCUT2D eigenvalue weighted by molar-refractivity contribution is 5.38. The second-order valence-corrected chi connectivity index (χ2v) is 4.94. The van der Waals surface area contributed by atoms with Gasteiger partial charge in [-0.1, -0.05) is 36.3 Å². The molecule has 1 aliphatic rings. The fraction of sp³-hybridized carbons (Fsp3) is 0.571. The fourth-order valence-electron chi connectivity index (χ4n) is 2.59. The summed E-state index contributed by atoms with van der Waals surface area (Å²) < 4.78 is 0. The third-order valence-corrected chi connectivity index (χ3v) is 3.78. The molecule has 0 aromatic heterocycles. The van der Waals surface area contributed by atoms with Crippen LogP contribution in [0.5, 0.6) is 0 Å². The van der Waals surface area contributed by atoms with Gasteiger partial charge in [0.2, 0.25) is 0 Å². The van der Waals surface area contributed by atoms with Gasteiger partial charge in [-0.05, 0) is 55.9 Å². The summed E-state index contributed by atoms with van der Waals surface area (Å²) in [6.45, 7) is 5.87. The van der Waals surface area contributed by atoms with Crippen LogP contribution in [0.4, 0.5) is 5.69 Å². The van der Waals surface area contributed by atoms with Gasteiger partial charge in [-0.15, -0.1) is 0 Å². The number of rotatable bonds is 4. The first-order valence-corrected chi connectivity index (χ1v) is 6.68. The van der Waals surface area contributed by atoms with E-state index in [1.807, 2.05) is 12.1 Å². The fourth-order valence-corrected chi connectivity index (χ4v) is 2.59. The Morgan fingerprint density at radius 3 is 2.50 bits per heavy atom. The van der Waals surface area contributed by atoms with E-state index >= 15 is 0 Å². The highest BCUT2D eigenvalue weighted by atomic mass is 15.1. The molecular weight excluding hydrogens is 224 g/mol. The highest BCUT2D eigenvalue weighted by Crippen LogP contribution is 2.22. The van der Waals surface area contributed by atoms with Gasteiger partial charge in [0.25, 0.3) is 0 Å². The number of hydrogen-bond acceptors (Lipinski definition) is 2. The largest absolute Gasteiger partial charge is 0.304 e. The van der Waals surface area contributed by atoms with Crippen molar-refractivity contribution in [3.05, 3.63) is 40.3 Å². The Morgan fingerprint density at radius 2 is 1.94 bits per heavy atom. The number of likely N-dealkylation sites (tertiary alicyclic amines) is 1. The zero-order chi connectivity index (χ0) is 12.8. The Kier molecular flexibility index (Phi) is 4.62. The topological polar surface area (TPSA) is 52.0 Å². The molecule has 18 heavy (non-hydrogen) atoms. The summed E-state index contributed by atoms with van der Waals surface area (Å²) in [5.74, 6) is 0.804. The maximum Gasteiger partial charge on any atom is 0.0375 e. The Balaban J connectivity index is 1.88. The van der Waals surface area contributed by atoms with Crippen LogP contribution in [0.3, 0.4) is 0 Å². The van der Waals surface area contributed by atoms with E-state index in [0.717, 1.165) is 12.3 Å². The Hall–Kier alpha value is -1.51. The SMILES string of the molecule is CCN1CCC(Cc2ccc(N=[N+]=[N-])cc2)CC1. The van der Waals surface area contributed by atoms with Crippen LogP contribution in [-0.4, -0.2) is 24.5 Å². The smallest absolute Gasteiger partial charge is 0.0375 e. The highest BCUT2D eigenvalue weighted by Gasteiger charge is 2.17. The standard InChI is InChI=1S/C14H20N4/c1-2-18-9-7-13(8-10-18)11-12-3-5-14(6-4-12)16-17-15/h3-6,13H,2,7-11H2,1H3. The van der Waals surface area contributed by atoms with Crippen molar-refractivity contribution in [3.8, 4) is 0 Å². The minimum Gasteiger partial charge on any atom is -0.304 e. The van der Waals surface area contributed by atoms with Gasteiger partial charge in [0, 0.05) is 10.6 Å². The van der Waals surface area contributed by atoms with Crippen LogP contribution in [0.1, 0.15) is 25.3 Å². The maximum atomic E-state index is 8.35. The van der Waals surface area contributed by atoms with Crippen molar-refractivity contribution in [2.45, 2.75) is 26.2 Å². The summed E-state index contributed by atoms with van der Waals surface area (Å²) in [6.07, 6.45) is 3.74. The van der Waals surface area contributed by atoms with Crippen LogP contribution in [-0.2, 0) is 6.42 Å². The molecule has 1 aromatic rings. The molecule has 1 heterocycles. The minimum absolute atomic E-state index is 0.696. The first-order valence-electron chi connectivity index (χ1n) is 6.68. The van der Waals surface area contributed by atoms with Gasteiger partial charge in [-0.2, -0.15) is 0 Å². The van der Waals surface area contributed by atoms with Crippen LogP contribution in [0, 0.1) is 5.92 Å². The Bertz CT molecular complexity index is 412. The number of azide groups is 1. The van der Waals surface area contributed by atoms with Crippen molar-refractivity contribution in [2.24, 2.45) is 11.0 Å². The van der Waals surface area contributed by atoms with Gasteiger partial charge in [0.15, 0.2) is 0 Å². The third kappa shape index (κ3) is 3.49. The molecular formula is C14H20N4. The average molecular weight is 244 g/mol. The molecule has 1 aromatic carbocycles. The van der Waals surface area contributed by atoms with Crippen molar-refractivity contribution in [1.29, 1.82) is 0 Å². The molecule has 1 fully saturated rings. The van der Waals surface area contributed by atoms with E-state index in [1.54, 1.807) is 0 Å². The van der Waals surface area contributed by atoms with Crippen LogP contribution in [0.25, 0.3) is 10.4 Å². The quantitative estimate of drug-likeness (QED) is 0.450. The van der Waals surface area contributed by atoms with Gasteiger partial charge >= 0.3 is 0 Å². The lowest BCUT2D eigenvalue weighted by Gasteiger charge is -2.31. The predicted octanol–water partition coefficient (Wildman–Crippen LogP) is 3.90. The summed E-state index contributed by atoms with van der Waals surface area (Å²) in [5.41, 5.74) is 10.4. The molecule has 0 unspecified atom stereocenters. The maximum absolute atomic E-state index is 8.35. The van der Waals surface area contributed by atoms with E-state index in [0.29, 0.717) is 5.69 Å². The van der Waals surface area contributed by atoms with Crippen molar-refractivity contribution in [2.75, 3.05) is 19.6 Å². The van der Waals surface area contributed by atoms with E-state index < -0.39 is 0 Å². The lowest BCUT2D eigenvalue weighted by Crippen LogP contribution is -2.33. The molecule has 0 aliphatic carbocycles. The third-order valence-electron chi connectivity index (χ3n) is 3.78. The van der Waals surface area contributed by atoms with Crippen LogP contribution < -0.4 is 0 Å². The molecule has 0 saturated carbocycles. The minimum atomic E-state index is 0.696. The summed E-state index contributed by atoms with van der Waals surface area (Å²) in [4.78, 5) is 5.30. The lowest BCUT2D eigenvalue weighted by molar-refractivity contribution is 0.192. The second kappa shape index (κ2) is 6.43. The van der Waals surface area contributed by atoms with Gasteiger partial charge in [-0.25, -0.2) is 0 Å². The average Bonchev–Trinajstić information content (AvgIpc) is 2.42. The van der Waals surface area contributed by atoms with E-state index in [2.05, 4.69) is 34.0 Å². The van der Waals surface area contributed by atoms with Crippen molar-refractivity contribution >= 4 is 5.69 Å². The van der Waals surface area contributed by atoms with Crippen molar-refractivity contribution in [1.82, 2.24) is 4.90 Å². The van der Waals surface area contributed by atoms with E-state index in [1.165, 1.54) is 38.0 Å². The zero-order valence-electron chi connectivity index (χ0n) is 10.9. The van der Waals surface area contributed by atoms with Crippen LogP contribution in [0.15, 0.2) is 29.4 Å². The molecule has 0 atom stereocenters. The van der Waals surface area contributed by atoms with Gasteiger partial charge in [0.05, 0.1) is 0 Å². The van der Waals surface area contributed by atoms with Gasteiger partial charge in [0.1, 0.15) is 0 Å². The zero-order valence-corrected chi connectivity index (χ0v) is 10.9. The molecule has 4 heteroatoms. The normalized spacial score (nSPS) is 17.4.